The first-order valence-corrected chi connectivity index (χ1v) is 7.95. The normalized spacial score (nSPS) is 19.0. The van der Waals surface area contributed by atoms with E-state index < -0.39 is 0 Å². The van der Waals surface area contributed by atoms with Gasteiger partial charge in [0.05, 0.1) is 4.79 Å². The highest BCUT2D eigenvalue weighted by Gasteiger charge is 2.51. The maximum atomic E-state index is 7.59. The predicted molar refractivity (Wildman–Crippen MR) is 103 cm³/mol. The summed E-state index contributed by atoms with van der Waals surface area (Å²) in [6.07, 6.45) is 1.62. The van der Waals surface area contributed by atoms with Crippen molar-refractivity contribution < 1.29 is 9.31 Å². The number of nitrogens with one attached hydrogen (secondary N) is 1. The van der Waals surface area contributed by atoms with Crippen molar-refractivity contribution in [3.05, 3.63) is 47.8 Å². The molecule has 1 aliphatic heterocycles. The second-order valence-corrected chi connectivity index (χ2v) is 7.55. The molecule has 0 amide bonds. The van der Waals surface area contributed by atoms with Crippen molar-refractivity contribution in [2.45, 2.75) is 45.3 Å². The molecule has 2 aromatic rings. The number of halogens is 2. The molecular formula is C17H27Cl2N5O. The summed E-state index contributed by atoms with van der Waals surface area (Å²) in [6, 6.07) is 10.6. The molecule has 0 bridgehead atoms. The second-order valence-electron chi connectivity index (χ2n) is 7.55. The molecule has 1 N–H and O–H groups in total. The van der Waals surface area contributed by atoms with E-state index in [1.807, 2.05) is 0 Å². The predicted octanol–water partition coefficient (Wildman–Crippen LogP) is 3.50. The quantitative estimate of drug-likeness (QED) is 0.756. The minimum atomic E-state index is -0.134. The van der Waals surface area contributed by atoms with Crippen LogP contribution < -0.4 is 9.80 Å². The topological polar surface area (TPSA) is 60.2 Å². The van der Waals surface area contributed by atoms with E-state index in [-0.39, 0.29) is 41.8 Å². The molecule has 1 aromatic carbocycles. The summed E-state index contributed by atoms with van der Waals surface area (Å²) in [7, 11) is 0. The van der Waals surface area contributed by atoms with Gasteiger partial charge in [-0.25, -0.2) is 0 Å². The van der Waals surface area contributed by atoms with Crippen LogP contribution in [0, 0.1) is 0 Å². The zero-order valence-electron chi connectivity index (χ0n) is 15.1. The van der Waals surface area contributed by atoms with E-state index in [0.29, 0.717) is 0 Å². The Labute approximate surface area is 161 Å². The summed E-state index contributed by atoms with van der Waals surface area (Å²) in [4.78, 5) is 4.16. The lowest BCUT2D eigenvalue weighted by Gasteiger charge is -2.50. The zero-order chi connectivity index (χ0) is 16.7. The number of hydrogen-bond donors (Lipinski definition) is 0. The van der Waals surface area contributed by atoms with E-state index in [1.165, 1.54) is 5.56 Å². The molecule has 8 heteroatoms. The molecule has 1 aromatic heterocycles. The van der Waals surface area contributed by atoms with Crippen molar-refractivity contribution in [2.75, 3.05) is 18.1 Å². The van der Waals surface area contributed by atoms with Gasteiger partial charge in [0.25, 0.3) is 6.20 Å². The van der Waals surface area contributed by atoms with Gasteiger partial charge in [-0.2, -0.15) is 0 Å². The fraction of sp³-hybridized carbons (Fsp3) is 0.529. The van der Waals surface area contributed by atoms with E-state index >= 15 is 0 Å². The van der Waals surface area contributed by atoms with Gasteiger partial charge in [-0.1, -0.05) is 30.3 Å². The lowest BCUT2D eigenvalue weighted by Crippen LogP contribution is -2.81. The summed E-state index contributed by atoms with van der Waals surface area (Å²) in [5.74, 6) is 0.0725. The molecule has 1 saturated heterocycles. The lowest BCUT2D eigenvalue weighted by atomic mass is 9.89. The van der Waals surface area contributed by atoms with Crippen LogP contribution >= 0.6 is 24.8 Å². The van der Waals surface area contributed by atoms with Crippen LogP contribution in [0.3, 0.4) is 0 Å². The molecule has 0 spiro atoms. The van der Waals surface area contributed by atoms with Gasteiger partial charge < -0.3 is 10.3 Å². The molecule has 3 rings (SSSR count). The van der Waals surface area contributed by atoms with Crippen molar-refractivity contribution in [2.24, 2.45) is 0 Å². The van der Waals surface area contributed by atoms with Crippen molar-refractivity contribution in [3.8, 4) is 0 Å². The number of piperazine rings is 1. The van der Waals surface area contributed by atoms with Gasteiger partial charge in [-0.3, -0.25) is 4.90 Å². The standard InChI is InChI=1S/C17H25N5O.2ClH/c1-16(2)12-20(10-14-8-6-5-7-9-14)13-17(3,4)22(16)21-11-15(18)23-19-21;;/h5-9,11,18H,10,12-13H2,1-4H3;2*1H. The van der Waals surface area contributed by atoms with Gasteiger partial charge in [0.2, 0.25) is 5.27 Å². The van der Waals surface area contributed by atoms with E-state index in [1.54, 1.807) is 11.0 Å². The summed E-state index contributed by atoms with van der Waals surface area (Å²) in [6.45, 7) is 11.6. The third-order valence-corrected chi connectivity index (χ3v) is 4.28. The van der Waals surface area contributed by atoms with E-state index in [4.69, 9.17) is 10.3 Å². The van der Waals surface area contributed by atoms with Crippen LogP contribution in [0.2, 0.25) is 0 Å². The van der Waals surface area contributed by atoms with Gasteiger partial charge in [0.15, 0.2) is 0 Å². The summed E-state index contributed by atoms with van der Waals surface area (Å²) >= 11 is 0. The maximum absolute atomic E-state index is 7.59. The third kappa shape index (κ3) is 4.57. The molecule has 1 aliphatic rings. The average molecular weight is 388 g/mol. The zero-order valence-corrected chi connectivity index (χ0v) is 16.7. The average Bonchev–Trinajstić information content (AvgIpc) is 2.82. The molecule has 1 fully saturated rings. The highest BCUT2D eigenvalue weighted by Crippen LogP contribution is 2.29. The minimum absolute atomic E-state index is 0. The maximum Gasteiger partial charge on any atom is 0.256 e. The molecule has 0 atom stereocenters. The SMILES string of the molecule is CC1(C)CN(Cc2ccccc2)CC(C)(C)N1[n+]1cc([NH-])on1.Cl.Cl. The Bertz CT molecular complexity index is 657. The second kappa shape index (κ2) is 7.81. The minimum Gasteiger partial charge on any atom is -0.660 e. The fourth-order valence-electron chi connectivity index (χ4n) is 3.94. The van der Waals surface area contributed by atoms with Crippen molar-refractivity contribution in [3.63, 3.8) is 0 Å². The number of benzene rings is 1. The summed E-state index contributed by atoms with van der Waals surface area (Å²) < 4.78 is 4.95. The highest BCUT2D eigenvalue weighted by molar-refractivity contribution is 5.85. The Morgan fingerprint density at radius 2 is 1.64 bits per heavy atom. The molecular weight excluding hydrogens is 361 g/mol. The number of rotatable bonds is 3. The summed E-state index contributed by atoms with van der Waals surface area (Å²) in [5, 5.41) is 6.21. The van der Waals surface area contributed by atoms with E-state index in [2.05, 4.69) is 73.2 Å². The van der Waals surface area contributed by atoms with Crippen LogP contribution in [-0.2, 0) is 6.54 Å². The Kier molecular flexibility index (Phi) is 6.73. The van der Waals surface area contributed by atoms with Gasteiger partial charge in [-0.05, 0) is 33.3 Å². The van der Waals surface area contributed by atoms with Crippen molar-refractivity contribution >= 4 is 30.7 Å². The molecule has 2 heterocycles. The molecule has 0 aliphatic carbocycles. The third-order valence-electron chi connectivity index (χ3n) is 4.28. The van der Waals surface area contributed by atoms with E-state index in [9.17, 15) is 0 Å². The molecule has 25 heavy (non-hydrogen) atoms. The van der Waals surface area contributed by atoms with E-state index in [0.717, 1.165) is 19.6 Å². The summed E-state index contributed by atoms with van der Waals surface area (Å²) in [5.41, 5.74) is 8.65. The largest absolute Gasteiger partial charge is 0.660 e. The molecule has 0 radical (unpaired) electrons. The van der Waals surface area contributed by atoms with Crippen LogP contribution in [-0.4, -0.2) is 34.3 Å². The first kappa shape index (κ1) is 21.5. The number of aromatic nitrogens is 2. The Morgan fingerprint density at radius 1 is 1.08 bits per heavy atom. The first-order chi connectivity index (χ1) is 10.8. The molecule has 0 saturated carbocycles. The molecule has 6 nitrogen and oxygen atoms in total. The molecule has 140 valence electrons. The Hall–Kier alpha value is -1.50. The van der Waals surface area contributed by atoms with Crippen molar-refractivity contribution in [1.82, 2.24) is 10.2 Å². The van der Waals surface area contributed by atoms with Crippen molar-refractivity contribution in [1.29, 1.82) is 0 Å². The van der Waals surface area contributed by atoms with Crippen LogP contribution in [0.1, 0.15) is 33.3 Å². The van der Waals surface area contributed by atoms with Gasteiger partial charge in [0.1, 0.15) is 17.0 Å². The van der Waals surface area contributed by atoms with Crippen LogP contribution in [0.5, 0.6) is 0 Å². The fourth-order valence-corrected chi connectivity index (χ4v) is 3.94. The monoisotopic (exact) mass is 387 g/mol. The number of hydrogen-bond acceptors (Lipinski definition) is 4. The Morgan fingerprint density at radius 3 is 2.12 bits per heavy atom. The van der Waals surface area contributed by atoms with Crippen LogP contribution in [0.15, 0.2) is 41.1 Å². The lowest BCUT2D eigenvalue weighted by molar-refractivity contribution is -0.774. The first-order valence-electron chi connectivity index (χ1n) is 7.95. The number of nitrogens with zero attached hydrogens (tertiary/aromatic N) is 4. The highest BCUT2D eigenvalue weighted by atomic mass is 35.5. The van der Waals surface area contributed by atoms with Gasteiger partial charge >= 0.3 is 0 Å². The smallest absolute Gasteiger partial charge is 0.256 e. The van der Waals surface area contributed by atoms with Crippen LogP contribution in [0.4, 0.5) is 5.88 Å². The van der Waals surface area contributed by atoms with Gasteiger partial charge in [0, 0.05) is 19.6 Å². The van der Waals surface area contributed by atoms with Gasteiger partial charge in [-0.15, -0.1) is 29.8 Å². The molecule has 0 unspecified atom stereocenters. The van der Waals surface area contributed by atoms with Crippen LogP contribution in [0.25, 0.3) is 5.73 Å². The Balaban J connectivity index is 0.00000156.